The Morgan fingerprint density at radius 2 is 0.776 bits per heavy atom. The lowest BCUT2D eigenvalue weighted by Crippen LogP contribution is -1.91. The molecule has 67 heavy (non-hydrogen) atoms. The minimum absolute atomic E-state index is 0. The average molecular weight is 872 g/mol. The van der Waals surface area contributed by atoms with Gasteiger partial charge in [0.05, 0.1) is 39.5 Å². The van der Waals surface area contributed by atoms with Crippen molar-refractivity contribution < 1.29 is 0 Å². The zero-order chi connectivity index (χ0) is 45.2. The number of imidazole rings is 2. The van der Waals surface area contributed by atoms with E-state index in [0.29, 0.717) is 0 Å². The first kappa shape index (κ1) is 45.0. The van der Waals surface area contributed by atoms with Gasteiger partial charge in [0.25, 0.3) is 0 Å². The third kappa shape index (κ3) is 10.5. The van der Waals surface area contributed by atoms with Gasteiger partial charge in [-0.05, 0) is 99.5 Å². The fourth-order valence-corrected chi connectivity index (χ4v) is 7.91. The Kier molecular flexibility index (Phi) is 14.1. The smallest absolute Gasteiger partial charge is 0.137 e. The number of hydrogen-bond donors (Lipinski definition) is 0. The Balaban J connectivity index is 0.000000121. The van der Waals surface area contributed by atoms with Crippen molar-refractivity contribution in [3.05, 3.63) is 247 Å². The first-order valence-corrected chi connectivity index (χ1v) is 22.1. The van der Waals surface area contributed by atoms with E-state index in [0.717, 1.165) is 67.5 Å². The Morgan fingerprint density at radius 3 is 1.24 bits per heavy atom. The largest absolute Gasteiger partial charge is 0.304 e. The quantitative estimate of drug-likeness (QED) is 0.165. The second-order valence-electron chi connectivity index (χ2n) is 16.0. The molecule has 0 aliphatic carbocycles. The maximum absolute atomic E-state index is 4.71. The van der Waals surface area contributed by atoms with Crippen LogP contribution in [0.3, 0.4) is 0 Å². The Morgan fingerprint density at radius 1 is 0.343 bits per heavy atom. The van der Waals surface area contributed by atoms with Crippen molar-refractivity contribution in [1.82, 2.24) is 33.7 Å². The molecule has 7 heteroatoms. The zero-order valence-electron chi connectivity index (χ0n) is 37.5. The van der Waals surface area contributed by atoms with Crippen LogP contribution in [0, 0.1) is 27.7 Å². The van der Waals surface area contributed by atoms with Crippen LogP contribution in [0.4, 0.5) is 0 Å². The molecule has 0 N–H and O–H groups in total. The fourth-order valence-electron chi connectivity index (χ4n) is 7.91. The molecule has 0 unspecified atom stereocenters. The lowest BCUT2D eigenvalue weighted by atomic mass is 10.0. The van der Waals surface area contributed by atoms with Gasteiger partial charge in [-0.1, -0.05) is 153 Å². The van der Waals surface area contributed by atoms with E-state index in [4.69, 9.17) is 4.98 Å². The number of hydrogen-bond acceptors (Lipinski definition) is 5. The summed E-state index contributed by atoms with van der Waals surface area (Å²) in [5.41, 5.74) is 17.4. The van der Waals surface area contributed by atoms with Gasteiger partial charge >= 0.3 is 0 Å². The van der Waals surface area contributed by atoms with Gasteiger partial charge < -0.3 is 8.80 Å². The van der Waals surface area contributed by atoms with Crippen LogP contribution in [0.1, 0.15) is 29.9 Å². The summed E-state index contributed by atoms with van der Waals surface area (Å²) in [7, 11) is 0. The van der Waals surface area contributed by atoms with E-state index in [1.54, 1.807) is 6.20 Å². The van der Waals surface area contributed by atoms with E-state index in [-0.39, 0.29) is 7.43 Å². The van der Waals surface area contributed by atoms with Gasteiger partial charge in [0.1, 0.15) is 11.3 Å². The van der Waals surface area contributed by atoms with Gasteiger partial charge in [-0.15, -0.1) is 0 Å². The first-order valence-electron chi connectivity index (χ1n) is 22.1. The molecule has 7 nitrogen and oxygen atoms in total. The number of rotatable bonds is 4. The van der Waals surface area contributed by atoms with Crippen LogP contribution >= 0.6 is 0 Å². The Hall–Kier alpha value is -8.55. The molecule has 0 atom stereocenters. The van der Waals surface area contributed by atoms with Crippen LogP contribution in [0.5, 0.6) is 0 Å². The SMILES string of the molecule is C.Cc1c2ccccc2nc2ccccc12.Cc1cc(-c2ccccc2)nc(-c2ccccn2)c1.Cc1cccc2nc(-c3ccccc3)cn12.Cc1cccc2nc(-c3ccccc3)cn12. The van der Waals surface area contributed by atoms with E-state index in [1.807, 2.05) is 109 Å². The molecule has 0 amide bonds. The van der Waals surface area contributed by atoms with E-state index in [9.17, 15) is 0 Å². The number of aryl methyl sites for hydroxylation is 4. The molecular formula is C60H53N7. The minimum atomic E-state index is 0. The highest BCUT2D eigenvalue weighted by molar-refractivity contribution is 5.97. The van der Waals surface area contributed by atoms with Crippen LogP contribution in [0.15, 0.2) is 225 Å². The van der Waals surface area contributed by atoms with E-state index in [1.165, 1.54) is 33.3 Å². The summed E-state index contributed by atoms with van der Waals surface area (Å²) in [6, 6.07) is 69.6. The third-order valence-corrected chi connectivity index (χ3v) is 11.4. The second kappa shape index (κ2) is 21.0. The highest BCUT2D eigenvalue weighted by Crippen LogP contribution is 2.26. The molecule has 5 aromatic carbocycles. The Bertz CT molecular complexity index is 3280. The molecule has 0 saturated carbocycles. The molecule has 12 rings (SSSR count). The highest BCUT2D eigenvalue weighted by Gasteiger charge is 2.08. The Labute approximate surface area is 392 Å². The average Bonchev–Trinajstić information content (AvgIpc) is 4.03. The van der Waals surface area contributed by atoms with Crippen LogP contribution in [-0.4, -0.2) is 33.7 Å². The number of pyridine rings is 5. The summed E-state index contributed by atoms with van der Waals surface area (Å²) >= 11 is 0. The predicted molar refractivity (Wildman–Crippen MR) is 279 cm³/mol. The molecule has 328 valence electrons. The van der Waals surface area contributed by atoms with E-state index < -0.39 is 0 Å². The van der Waals surface area contributed by atoms with Crippen LogP contribution < -0.4 is 0 Å². The summed E-state index contributed by atoms with van der Waals surface area (Å²) in [6.07, 6.45) is 5.96. The molecule has 0 saturated heterocycles. The summed E-state index contributed by atoms with van der Waals surface area (Å²) < 4.78 is 4.23. The van der Waals surface area contributed by atoms with Crippen molar-refractivity contribution in [3.8, 4) is 45.2 Å². The van der Waals surface area contributed by atoms with Crippen molar-refractivity contribution in [2.45, 2.75) is 35.1 Å². The number of benzene rings is 5. The van der Waals surface area contributed by atoms with Crippen molar-refractivity contribution in [2.24, 2.45) is 0 Å². The lowest BCUT2D eigenvalue weighted by molar-refractivity contribution is 1.09. The molecule has 7 aromatic heterocycles. The minimum Gasteiger partial charge on any atom is -0.304 e. The first-order chi connectivity index (χ1) is 32.4. The molecule has 0 radical (unpaired) electrons. The standard InChI is InChI=1S/C17H14N2.2C14H12N2.C14H11N.CH4/c1-13-11-16(14-7-3-2-4-8-14)19-17(12-13)15-9-5-6-10-18-15;2*1-11-6-5-9-14-15-13(10-16(11)14)12-7-3-2-4-8-12;1-10-11-6-2-4-8-13(11)15-14-9-5-3-7-12(10)14;/h2-12H,1H3;2*2-10H,1H3;2-9H,1H3;1H4. The summed E-state index contributed by atoms with van der Waals surface area (Å²) in [5.74, 6) is 0. The molecule has 7 heterocycles. The van der Waals surface area contributed by atoms with Crippen LogP contribution in [0.25, 0.3) is 78.3 Å². The van der Waals surface area contributed by atoms with Gasteiger partial charge in [0.15, 0.2) is 0 Å². The lowest BCUT2D eigenvalue weighted by Gasteiger charge is -2.06. The number of aromatic nitrogens is 7. The third-order valence-electron chi connectivity index (χ3n) is 11.4. The predicted octanol–water partition coefficient (Wildman–Crippen LogP) is 15.1. The van der Waals surface area contributed by atoms with Gasteiger partial charge in [-0.3, -0.25) is 4.98 Å². The maximum Gasteiger partial charge on any atom is 0.137 e. The number of fused-ring (bicyclic) bond motifs is 4. The summed E-state index contributed by atoms with van der Waals surface area (Å²) in [4.78, 5) is 22.9. The zero-order valence-corrected chi connectivity index (χ0v) is 37.5. The fraction of sp³-hybridized carbons (Fsp3) is 0.0833. The maximum atomic E-state index is 4.71. The van der Waals surface area contributed by atoms with Crippen molar-refractivity contribution in [2.75, 3.05) is 0 Å². The van der Waals surface area contributed by atoms with Crippen molar-refractivity contribution in [1.29, 1.82) is 0 Å². The normalized spacial score (nSPS) is 10.6. The molecule has 0 aliphatic rings. The molecule has 0 bridgehead atoms. The summed E-state index contributed by atoms with van der Waals surface area (Å²) in [5, 5.41) is 2.49. The topological polar surface area (TPSA) is 73.3 Å². The van der Waals surface area contributed by atoms with Gasteiger partial charge in [0.2, 0.25) is 0 Å². The summed E-state index contributed by atoms with van der Waals surface area (Å²) in [6.45, 7) is 8.42. The van der Waals surface area contributed by atoms with Crippen LogP contribution in [-0.2, 0) is 0 Å². The molecule has 0 fully saturated rings. The number of para-hydroxylation sites is 2. The molecule has 0 spiro atoms. The van der Waals surface area contributed by atoms with E-state index in [2.05, 4.69) is 166 Å². The molecule has 12 aromatic rings. The van der Waals surface area contributed by atoms with Gasteiger partial charge in [0, 0.05) is 57.4 Å². The van der Waals surface area contributed by atoms with Gasteiger partial charge in [-0.25, -0.2) is 19.9 Å². The molecular weight excluding hydrogens is 819 g/mol. The van der Waals surface area contributed by atoms with Crippen molar-refractivity contribution >= 4 is 33.1 Å². The highest BCUT2D eigenvalue weighted by atomic mass is 15.0. The second-order valence-corrected chi connectivity index (χ2v) is 16.0. The van der Waals surface area contributed by atoms with Gasteiger partial charge in [-0.2, -0.15) is 0 Å². The number of nitrogens with zero attached hydrogens (tertiary/aromatic N) is 7. The van der Waals surface area contributed by atoms with E-state index >= 15 is 0 Å². The monoisotopic (exact) mass is 871 g/mol. The van der Waals surface area contributed by atoms with Crippen molar-refractivity contribution in [3.63, 3.8) is 0 Å². The van der Waals surface area contributed by atoms with Crippen LogP contribution in [0.2, 0.25) is 0 Å². The molecule has 0 aliphatic heterocycles.